The molecule has 190 valence electrons. The lowest BCUT2D eigenvalue weighted by Gasteiger charge is -2.60. The lowest BCUT2D eigenvalue weighted by molar-refractivity contribution is -0.111. The zero-order chi connectivity index (χ0) is 24.5. The Morgan fingerprint density at radius 1 is 1.03 bits per heavy atom. The Kier molecular flexibility index (Phi) is 5.80. The third kappa shape index (κ3) is 3.94. The van der Waals surface area contributed by atoms with Crippen LogP contribution in [0, 0.1) is 23.2 Å². The zero-order valence-corrected chi connectivity index (χ0v) is 21.7. The molecular formula is C27H38N3O4P. The van der Waals surface area contributed by atoms with Gasteiger partial charge >= 0.3 is 7.60 Å². The van der Waals surface area contributed by atoms with Crippen molar-refractivity contribution in [3.63, 3.8) is 0 Å². The van der Waals surface area contributed by atoms with Gasteiger partial charge in [-0.05, 0) is 93.2 Å². The van der Waals surface area contributed by atoms with Crippen molar-refractivity contribution in [2.45, 2.75) is 89.8 Å². The molecule has 7 nitrogen and oxygen atoms in total. The van der Waals surface area contributed by atoms with E-state index in [-0.39, 0.29) is 6.04 Å². The minimum absolute atomic E-state index is 0.0618. The van der Waals surface area contributed by atoms with Crippen molar-refractivity contribution in [2.24, 2.45) is 23.2 Å². The van der Waals surface area contributed by atoms with Crippen LogP contribution < -0.4 is 11.0 Å². The molecular weight excluding hydrogens is 461 g/mol. The second-order valence-corrected chi connectivity index (χ2v) is 13.7. The molecule has 2 saturated heterocycles. The molecule has 3 saturated carbocycles. The Labute approximate surface area is 207 Å². The van der Waals surface area contributed by atoms with Crippen molar-refractivity contribution in [3.8, 4) is 0 Å². The van der Waals surface area contributed by atoms with Gasteiger partial charge in [-0.1, -0.05) is 32.4 Å². The molecule has 5 fully saturated rings. The highest BCUT2D eigenvalue weighted by Gasteiger charge is 2.54. The van der Waals surface area contributed by atoms with Crippen molar-refractivity contribution in [2.75, 3.05) is 6.54 Å². The maximum atomic E-state index is 13.4. The third-order valence-electron chi connectivity index (χ3n) is 10.3. The van der Waals surface area contributed by atoms with Gasteiger partial charge in [-0.15, -0.1) is 0 Å². The molecule has 0 spiro atoms. The number of fused-ring (bicyclic) bond motifs is 5. The summed E-state index contributed by atoms with van der Waals surface area (Å²) in [4.78, 5) is 39.9. The molecule has 6 atom stereocenters. The number of aromatic nitrogens is 2. The van der Waals surface area contributed by atoms with Crippen LogP contribution in [0.4, 0.5) is 0 Å². The van der Waals surface area contributed by atoms with Gasteiger partial charge in [0.1, 0.15) is 0 Å². The van der Waals surface area contributed by atoms with Crippen molar-refractivity contribution in [1.82, 2.24) is 14.5 Å². The average Bonchev–Trinajstić information content (AvgIpc) is 2.81. The van der Waals surface area contributed by atoms with Gasteiger partial charge in [-0.2, -0.15) is 0 Å². The van der Waals surface area contributed by atoms with Gasteiger partial charge in [0.05, 0.1) is 11.0 Å². The summed E-state index contributed by atoms with van der Waals surface area (Å²) < 4.78 is 13.8. The van der Waals surface area contributed by atoms with Crippen molar-refractivity contribution >= 4 is 24.1 Å². The summed E-state index contributed by atoms with van der Waals surface area (Å²) in [6.07, 6.45) is 10.7. The number of hydrogen-bond donors (Lipinski definition) is 2. The predicted molar refractivity (Wildman–Crippen MR) is 137 cm³/mol. The van der Waals surface area contributed by atoms with E-state index >= 15 is 0 Å². The van der Waals surface area contributed by atoms with E-state index < -0.39 is 18.6 Å². The highest BCUT2D eigenvalue weighted by atomic mass is 31.2. The Morgan fingerprint density at radius 2 is 1.74 bits per heavy atom. The monoisotopic (exact) mass is 499 g/mol. The van der Waals surface area contributed by atoms with E-state index in [4.69, 9.17) is 0 Å². The highest BCUT2D eigenvalue weighted by Crippen LogP contribution is 2.62. The fraction of sp³-hybridized carbons (Fsp3) is 0.704. The van der Waals surface area contributed by atoms with E-state index in [0.717, 1.165) is 50.0 Å². The molecule has 2 aliphatic heterocycles. The smallest absolute Gasteiger partial charge is 0.320 e. The maximum absolute atomic E-state index is 13.4. The summed E-state index contributed by atoms with van der Waals surface area (Å²) in [6.45, 7) is 6.09. The first kappa shape index (κ1) is 23.8. The molecule has 0 amide bonds. The molecule has 35 heavy (non-hydrogen) atoms. The molecule has 0 radical (unpaired) electrons. The topological polar surface area (TPSA) is 95.7 Å². The fourth-order valence-electron chi connectivity index (χ4n) is 8.34. The van der Waals surface area contributed by atoms with Crippen LogP contribution in [-0.2, 0) is 4.57 Å². The maximum Gasteiger partial charge on any atom is 0.380 e. The van der Waals surface area contributed by atoms with Gasteiger partial charge in [0, 0.05) is 18.1 Å². The number of benzene rings is 1. The van der Waals surface area contributed by atoms with Crippen LogP contribution in [0.3, 0.4) is 0 Å². The van der Waals surface area contributed by atoms with Gasteiger partial charge < -0.3 is 14.4 Å². The Hall–Kier alpha value is -1.53. The molecule has 3 heterocycles. The van der Waals surface area contributed by atoms with Gasteiger partial charge in [-0.3, -0.25) is 14.3 Å². The van der Waals surface area contributed by atoms with Crippen molar-refractivity contribution in [1.29, 1.82) is 0 Å². The molecule has 1 aromatic carbocycles. The van der Waals surface area contributed by atoms with Crippen LogP contribution in [0.1, 0.15) is 77.7 Å². The van der Waals surface area contributed by atoms with Crippen molar-refractivity contribution < 1.29 is 14.4 Å². The molecule has 8 heteroatoms. The Morgan fingerprint density at radius 3 is 2.40 bits per heavy atom. The molecule has 3 aliphatic carbocycles. The van der Waals surface area contributed by atoms with E-state index in [2.05, 4.69) is 23.7 Å². The first-order valence-corrected chi connectivity index (χ1v) is 15.1. The number of piperidine rings is 2. The average molecular weight is 500 g/mol. The standard InChI is InChI=1S/C27H38N3O4P/c1-27(2)18-11-10-17(22(27)14-18)12-13-29-19-6-5-7-20(29)16-21(15-19)30-24-9-4-3-8-23(24)28-25(26(30)31)35(32,33)34/h3-4,8-9,17-22H,5-7,10-16H2,1-2H3,(H2,32,33,34)/t17-,18-,19-,20+,21?,22?/m0/s1. The van der Waals surface area contributed by atoms with E-state index in [1.807, 2.05) is 12.1 Å². The van der Waals surface area contributed by atoms with Crippen LogP contribution >= 0.6 is 7.60 Å². The predicted octanol–water partition coefficient (Wildman–Crippen LogP) is 4.22. The van der Waals surface area contributed by atoms with Crippen LogP contribution in [0.2, 0.25) is 0 Å². The minimum atomic E-state index is -4.77. The van der Waals surface area contributed by atoms with Crippen LogP contribution in [0.15, 0.2) is 29.1 Å². The lowest BCUT2D eigenvalue weighted by atomic mass is 9.45. The summed E-state index contributed by atoms with van der Waals surface area (Å²) in [5, 5.41) is 0. The van der Waals surface area contributed by atoms with Gasteiger partial charge in [0.15, 0.2) is 0 Å². The Bertz CT molecular complexity index is 1220. The molecule has 1 aromatic heterocycles. The zero-order valence-electron chi connectivity index (χ0n) is 20.8. The minimum Gasteiger partial charge on any atom is -0.320 e. The number of rotatable bonds is 5. The number of nitrogens with zero attached hydrogens (tertiary/aromatic N) is 3. The Balaban J connectivity index is 1.26. The van der Waals surface area contributed by atoms with Gasteiger partial charge in [0.2, 0.25) is 5.44 Å². The second kappa shape index (κ2) is 8.51. The summed E-state index contributed by atoms with van der Waals surface area (Å²) in [7, 11) is -4.77. The van der Waals surface area contributed by atoms with Crippen molar-refractivity contribution in [3.05, 3.63) is 34.6 Å². The van der Waals surface area contributed by atoms with Crippen LogP contribution in [0.5, 0.6) is 0 Å². The van der Waals surface area contributed by atoms with E-state index in [1.165, 1.54) is 32.1 Å². The fourth-order valence-corrected chi connectivity index (χ4v) is 8.94. The van der Waals surface area contributed by atoms with E-state index in [1.54, 1.807) is 16.7 Å². The molecule has 4 bridgehead atoms. The van der Waals surface area contributed by atoms with Gasteiger partial charge in [0.25, 0.3) is 5.56 Å². The van der Waals surface area contributed by atoms with Crippen LogP contribution in [-0.4, -0.2) is 42.9 Å². The first-order chi connectivity index (χ1) is 16.6. The molecule has 2 aromatic rings. The summed E-state index contributed by atoms with van der Waals surface area (Å²) in [6, 6.07) is 8.04. The van der Waals surface area contributed by atoms with Gasteiger partial charge in [-0.25, -0.2) is 4.98 Å². The van der Waals surface area contributed by atoms with Crippen LogP contribution in [0.25, 0.3) is 11.0 Å². The molecule has 5 aliphatic rings. The first-order valence-electron chi connectivity index (χ1n) is 13.5. The molecule has 7 rings (SSSR count). The lowest BCUT2D eigenvalue weighted by Crippen LogP contribution is -2.56. The normalized spacial score (nSPS) is 34.5. The summed E-state index contributed by atoms with van der Waals surface area (Å²) >= 11 is 0. The summed E-state index contributed by atoms with van der Waals surface area (Å²) in [5.41, 5.74) is 0.415. The third-order valence-corrected chi connectivity index (χ3v) is 11.1. The molecule has 2 N–H and O–H groups in total. The molecule has 2 unspecified atom stereocenters. The quantitative estimate of drug-likeness (QED) is 0.598. The summed E-state index contributed by atoms with van der Waals surface area (Å²) in [5.74, 6) is 2.66. The second-order valence-electron chi connectivity index (χ2n) is 12.2. The number of hydrogen-bond acceptors (Lipinski definition) is 4. The highest BCUT2D eigenvalue weighted by molar-refractivity contribution is 7.59. The SMILES string of the molecule is CC1(C)C2C[C@@H]1CC[C@H]2CCN1[C@@H]2CCC[C@H]1CC(n1c(=O)c(P(=O)(O)O)nc3ccccc31)C2. The van der Waals surface area contributed by atoms with E-state index in [0.29, 0.717) is 28.5 Å². The largest absolute Gasteiger partial charge is 0.380 e. The van der Waals surface area contributed by atoms with E-state index in [9.17, 15) is 19.1 Å². The number of para-hydroxylation sites is 2.